The summed E-state index contributed by atoms with van der Waals surface area (Å²) in [5.41, 5.74) is -6.62. The maximum atomic E-state index is 12.7. The first-order valence-electron chi connectivity index (χ1n) is 8.13. The molecule has 12 heteroatoms. The number of hydrogen-bond donors (Lipinski definition) is 2. The standard InChI is InChI=1S/C15H20F3N3O5S/c1-14(2,20-5-7-26-8-6-20)10-19-12-4-3-11(9-13(12)21(22)23)27(24,25)15(16,17)18/h3-4,9,19H,5-8,10H2,1-2H3/p+1. The number of nitrogens with zero attached hydrogens (tertiary/aromatic N) is 1. The molecule has 2 N–H and O–H groups in total. The summed E-state index contributed by atoms with van der Waals surface area (Å²) in [4.78, 5) is 10.4. The lowest BCUT2D eigenvalue weighted by Gasteiger charge is -2.37. The Morgan fingerprint density at radius 1 is 1.26 bits per heavy atom. The summed E-state index contributed by atoms with van der Waals surface area (Å²) in [5.74, 6) is 0. The van der Waals surface area contributed by atoms with Crippen LogP contribution < -0.4 is 10.2 Å². The highest BCUT2D eigenvalue weighted by Crippen LogP contribution is 2.34. The van der Waals surface area contributed by atoms with Crippen LogP contribution in [0.2, 0.25) is 0 Å². The van der Waals surface area contributed by atoms with E-state index in [1.54, 1.807) is 0 Å². The number of hydrogen-bond acceptors (Lipinski definition) is 6. The quantitative estimate of drug-likeness (QED) is 0.534. The average molecular weight is 412 g/mol. The number of halogens is 3. The average Bonchev–Trinajstić information content (AvgIpc) is 2.59. The van der Waals surface area contributed by atoms with Crippen LogP contribution in [0.3, 0.4) is 0 Å². The molecular formula is C15H21F3N3O5S+. The predicted octanol–water partition coefficient (Wildman–Crippen LogP) is 0.994. The van der Waals surface area contributed by atoms with Crippen molar-refractivity contribution in [2.45, 2.75) is 29.8 Å². The molecule has 0 aliphatic carbocycles. The van der Waals surface area contributed by atoms with Crippen LogP contribution in [-0.4, -0.2) is 57.2 Å². The minimum absolute atomic E-state index is 0.0399. The zero-order chi connectivity index (χ0) is 20.5. The fourth-order valence-corrected chi connectivity index (χ4v) is 3.63. The molecule has 0 amide bonds. The molecule has 0 bridgehead atoms. The maximum absolute atomic E-state index is 12.7. The van der Waals surface area contributed by atoms with Crippen molar-refractivity contribution in [3.8, 4) is 0 Å². The molecule has 0 radical (unpaired) electrons. The Morgan fingerprint density at radius 2 is 1.85 bits per heavy atom. The van der Waals surface area contributed by atoms with Crippen molar-refractivity contribution in [1.82, 2.24) is 0 Å². The number of morpholine rings is 1. The van der Waals surface area contributed by atoms with E-state index in [-0.39, 0.29) is 11.2 Å². The molecule has 27 heavy (non-hydrogen) atoms. The SMILES string of the molecule is CC(C)(CNc1ccc(S(=O)(=O)C(F)(F)F)cc1[N+](=O)[O-])[NH+]1CCOCC1. The van der Waals surface area contributed by atoms with E-state index in [1.807, 2.05) is 13.8 Å². The summed E-state index contributed by atoms with van der Waals surface area (Å²) in [6, 6.07) is 2.13. The highest BCUT2D eigenvalue weighted by molar-refractivity contribution is 7.92. The Hall–Kier alpha value is -1.92. The first-order valence-corrected chi connectivity index (χ1v) is 9.61. The molecule has 0 unspecified atom stereocenters. The van der Waals surface area contributed by atoms with Gasteiger partial charge in [-0.15, -0.1) is 0 Å². The normalized spacial score (nSPS) is 16.9. The van der Waals surface area contributed by atoms with E-state index in [0.29, 0.717) is 31.9 Å². The minimum Gasteiger partial charge on any atom is -0.373 e. The van der Waals surface area contributed by atoms with Gasteiger partial charge >= 0.3 is 5.51 Å². The van der Waals surface area contributed by atoms with Crippen LogP contribution in [-0.2, 0) is 14.6 Å². The van der Waals surface area contributed by atoms with Crippen LogP contribution in [0.5, 0.6) is 0 Å². The Bertz CT molecular complexity index is 805. The van der Waals surface area contributed by atoms with Gasteiger partial charge in [0.1, 0.15) is 24.3 Å². The van der Waals surface area contributed by atoms with Crippen molar-refractivity contribution < 1.29 is 36.1 Å². The van der Waals surface area contributed by atoms with Crippen LogP contribution in [0.4, 0.5) is 24.5 Å². The summed E-state index contributed by atoms with van der Waals surface area (Å²) in [7, 11) is -5.66. The van der Waals surface area contributed by atoms with E-state index in [1.165, 1.54) is 4.90 Å². The van der Waals surface area contributed by atoms with Gasteiger partial charge in [0.25, 0.3) is 15.5 Å². The van der Waals surface area contributed by atoms with Gasteiger partial charge in [0.2, 0.25) is 0 Å². The van der Waals surface area contributed by atoms with Gasteiger partial charge in [-0.3, -0.25) is 10.1 Å². The molecule has 1 aliphatic rings. The molecule has 1 aromatic carbocycles. The second-order valence-corrected chi connectivity index (χ2v) is 8.78. The number of quaternary nitrogens is 1. The Labute approximate surface area is 154 Å². The van der Waals surface area contributed by atoms with Gasteiger partial charge in [0.15, 0.2) is 0 Å². The van der Waals surface area contributed by atoms with E-state index in [2.05, 4.69) is 5.32 Å². The van der Waals surface area contributed by atoms with Gasteiger partial charge < -0.3 is 15.0 Å². The summed E-state index contributed by atoms with van der Waals surface area (Å²) in [6.45, 7) is 6.93. The Morgan fingerprint density at radius 3 is 2.37 bits per heavy atom. The van der Waals surface area contributed by atoms with Crippen molar-refractivity contribution in [2.24, 2.45) is 0 Å². The van der Waals surface area contributed by atoms with Gasteiger partial charge in [-0.05, 0) is 26.0 Å². The zero-order valence-electron chi connectivity index (χ0n) is 14.8. The van der Waals surface area contributed by atoms with Gasteiger partial charge in [-0.25, -0.2) is 8.42 Å². The zero-order valence-corrected chi connectivity index (χ0v) is 15.6. The molecule has 1 aromatic rings. The van der Waals surface area contributed by atoms with Crippen molar-refractivity contribution in [1.29, 1.82) is 0 Å². The smallest absolute Gasteiger partial charge is 0.373 e. The number of alkyl halides is 3. The van der Waals surface area contributed by atoms with Crippen LogP contribution in [0.25, 0.3) is 0 Å². The Balaban J connectivity index is 2.26. The molecule has 0 saturated carbocycles. The number of nitro benzene ring substituents is 1. The molecule has 2 rings (SSSR count). The van der Waals surface area contributed by atoms with Crippen LogP contribution in [0.15, 0.2) is 23.1 Å². The topological polar surface area (TPSA) is 103 Å². The van der Waals surface area contributed by atoms with E-state index < -0.39 is 30.9 Å². The van der Waals surface area contributed by atoms with Crippen molar-refractivity contribution >= 4 is 21.2 Å². The third kappa shape index (κ3) is 4.68. The molecule has 0 aromatic heterocycles. The highest BCUT2D eigenvalue weighted by Gasteiger charge is 2.47. The lowest BCUT2D eigenvalue weighted by Crippen LogP contribution is -3.21. The molecule has 1 aliphatic heterocycles. The number of sulfone groups is 1. The summed E-state index contributed by atoms with van der Waals surface area (Å²) in [5, 5.41) is 14.1. The van der Waals surface area contributed by atoms with Crippen molar-refractivity contribution in [3.05, 3.63) is 28.3 Å². The summed E-state index contributed by atoms with van der Waals surface area (Å²) in [6.07, 6.45) is 0. The third-order valence-corrected chi connectivity index (χ3v) is 6.04. The fourth-order valence-electron chi connectivity index (χ4n) is 2.85. The second kappa shape index (κ2) is 7.60. The Kier molecular flexibility index (Phi) is 6.02. The molecule has 152 valence electrons. The number of ether oxygens (including phenoxy) is 1. The molecule has 1 saturated heterocycles. The second-order valence-electron chi connectivity index (χ2n) is 6.84. The van der Waals surface area contributed by atoms with Crippen LogP contribution >= 0.6 is 0 Å². The lowest BCUT2D eigenvalue weighted by atomic mass is 10.0. The minimum atomic E-state index is -5.66. The summed E-state index contributed by atoms with van der Waals surface area (Å²) < 4.78 is 66.3. The largest absolute Gasteiger partial charge is 0.501 e. The first-order chi connectivity index (χ1) is 12.4. The van der Waals surface area contributed by atoms with Crippen LogP contribution in [0.1, 0.15) is 13.8 Å². The van der Waals surface area contributed by atoms with E-state index in [4.69, 9.17) is 4.74 Å². The van der Waals surface area contributed by atoms with Gasteiger partial charge in [-0.1, -0.05) is 0 Å². The van der Waals surface area contributed by atoms with E-state index in [0.717, 1.165) is 19.2 Å². The lowest BCUT2D eigenvalue weighted by molar-refractivity contribution is -0.953. The van der Waals surface area contributed by atoms with Crippen LogP contribution in [0, 0.1) is 10.1 Å². The van der Waals surface area contributed by atoms with Crippen molar-refractivity contribution in [2.75, 3.05) is 38.2 Å². The number of anilines is 1. The van der Waals surface area contributed by atoms with Crippen molar-refractivity contribution in [3.63, 3.8) is 0 Å². The maximum Gasteiger partial charge on any atom is 0.501 e. The van der Waals surface area contributed by atoms with E-state index in [9.17, 15) is 31.7 Å². The fraction of sp³-hybridized carbons (Fsp3) is 0.600. The first kappa shape index (κ1) is 21.4. The number of benzene rings is 1. The van der Waals surface area contributed by atoms with Gasteiger partial charge in [0, 0.05) is 6.07 Å². The molecule has 1 fully saturated rings. The monoisotopic (exact) mass is 412 g/mol. The number of nitrogens with one attached hydrogen (secondary N) is 2. The van der Waals surface area contributed by atoms with E-state index >= 15 is 0 Å². The molecule has 0 atom stereocenters. The molecule has 8 nitrogen and oxygen atoms in total. The summed E-state index contributed by atoms with van der Waals surface area (Å²) >= 11 is 0. The molecule has 1 heterocycles. The highest BCUT2D eigenvalue weighted by atomic mass is 32.2. The van der Waals surface area contributed by atoms with Gasteiger partial charge in [0.05, 0.1) is 29.6 Å². The predicted molar refractivity (Wildman–Crippen MR) is 90.4 cm³/mol. The number of nitro groups is 1. The number of rotatable bonds is 6. The van der Waals surface area contributed by atoms with Gasteiger partial charge in [-0.2, -0.15) is 13.2 Å². The molecular weight excluding hydrogens is 391 g/mol. The third-order valence-electron chi connectivity index (χ3n) is 4.56. The molecule has 0 spiro atoms.